The van der Waals surface area contributed by atoms with Gasteiger partial charge in [-0.05, 0) is 41.1 Å². The molecule has 2 heterocycles. The van der Waals surface area contributed by atoms with Crippen molar-refractivity contribution in [2.45, 2.75) is 32.9 Å². The second-order valence-electron chi connectivity index (χ2n) is 9.19. The first-order valence-corrected chi connectivity index (χ1v) is 11.7. The molecule has 5 rings (SSSR count). The van der Waals surface area contributed by atoms with Crippen molar-refractivity contribution in [3.63, 3.8) is 0 Å². The number of carbonyl (C=O) groups is 2. The number of anilines is 1. The molecule has 4 aromatic rings. The van der Waals surface area contributed by atoms with Crippen molar-refractivity contribution in [2.24, 2.45) is 5.92 Å². The highest BCUT2D eigenvalue weighted by molar-refractivity contribution is 6.01. The van der Waals surface area contributed by atoms with Crippen LogP contribution in [0.5, 0.6) is 0 Å². The summed E-state index contributed by atoms with van der Waals surface area (Å²) in [7, 11) is 0. The molecular weight excluding hydrogens is 467 g/mol. The van der Waals surface area contributed by atoms with Crippen LogP contribution in [-0.2, 0) is 17.9 Å². The summed E-state index contributed by atoms with van der Waals surface area (Å²) in [4.78, 5) is 30.7. The van der Waals surface area contributed by atoms with Crippen molar-refractivity contribution in [3.05, 3.63) is 100 Å². The van der Waals surface area contributed by atoms with E-state index in [2.05, 4.69) is 10.3 Å². The highest BCUT2D eigenvalue weighted by Gasteiger charge is 2.36. The number of fused-ring (bicyclic) bond motifs is 2. The highest BCUT2D eigenvalue weighted by Crippen LogP contribution is 2.40. The quantitative estimate of drug-likeness (QED) is 0.371. The molecule has 5 nitrogen and oxygen atoms in total. The lowest BCUT2D eigenvalue weighted by atomic mass is 9.82. The zero-order valence-corrected chi connectivity index (χ0v) is 19.7. The molecule has 0 saturated heterocycles. The molecule has 0 aliphatic carbocycles. The largest absolute Gasteiger partial charge is 0.357 e. The van der Waals surface area contributed by atoms with Crippen LogP contribution < -0.4 is 10.2 Å². The lowest BCUT2D eigenvalue weighted by Crippen LogP contribution is -2.42. The zero-order valence-electron chi connectivity index (χ0n) is 19.7. The minimum atomic E-state index is -1.07. The van der Waals surface area contributed by atoms with Crippen molar-refractivity contribution in [1.29, 1.82) is 0 Å². The topological polar surface area (TPSA) is 65.2 Å². The minimum Gasteiger partial charge on any atom is -0.357 e. The summed E-state index contributed by atoms with van der Waals surface area (Å²) < 4.78 is 42.2. The Bertz CT molecular complexity index is 1440. The van der Waals surface area contributed by atoms with E-state index in [4.69, 9.17) is 0 Å². The summed E-state index contributed by atoms with van der Waals surface area (Å²) in [6.07, 6.45) is 0. The van der Waals surface area contributed by atoms with E-state index in [9.17, 15) is 22.8 Å². The predicted octanol–water partition coefficient (Wildman–Crippen LogP) is 5.80. The first-order chi connectivity index (χ1) is 17.2. The Labute approximate surface area is 205 Å². The molecule has 0 fully saturated rings. The fraction of sp³-hybridized carbons (Fsp3) is 0.214. The number of benzene rings is 3. The molecular formula is C28H24F3N3O2. The maximum atomic E-state index is 14.4. The van der Waals surface area contributed by atoms with Gasteiger partial charge in [0.15, 0.2) is 0 Å². The number of rotatable bonds is 5. The number of hydrogen-bond donors (Lipinski definition) is 2. The molecule has 8 heteroatoms. The molecule has 184 valence electrons. The van der Waals surface area contributed by atoms with Crippen molar-refractivity contribution >= 4 is 28.4 Å². The third kappa shape index (κ3) is 4.23. The summed E-state index contributed by atoms with van der Waals surface area (Å²) in [6, 6.07) is 15.9. The molecule has 2 unspecified atom stereocenters. The third-order valence-corrected chi connectivity index (χ3v) is 6.93. The van der Waals surface area contributed by atoms with E-state index >= 15 is 0 Å². The monoisotopic (exact) mass is 491 g/mol. The Balaban J connectivity index is 1.43. The second kappa shape index (κ2) is 9.18. The van der Waals surface area contributed by atoms with E-state index in [1.807, 2.05) is 37.3 Å². The fourth-order valence-corrected chi connectivity index (χ4v) is 4.70. The SMILES string of the molecule is CC1C(=O)N(Cc2c(F)cc(F)cc2F)c2cc(C(=O)NCc3cc4ccccc4[nH]3)ccc2C1C. The first kappa shape index (κ1) is 23.7. The van der Waals surface area contributed by atoms with Crippen molar-refractivity contribution in [3.8, 4) is 0 Å². The van der Waals surface area contributed by atoms with Gasteiger partial charge in [0.05, 0.1) is 13.1 Å². The van der Waals surface area contributed by atoms with Gasteiger partial charge in [0.2, 0.25) is 5.91 Å². The Morgan fingerprint density at radius 2 is 1.69 bits per heavy atom. The molecule has 1 aliphatic heterocycles. The Morgan fingerprint density at radius 1 is 0.972 bits per heavy atom. The average molecular weight is 492 g/mol. The molecule has 0 spiro atoms. The van der Waals surface area contributed by atoms with Crippen LogP contribution in [0, 0.1) is 23.4 Å². The maximum Gasteiger partial charge on any atom is 0.251 e. The predicted molar refractivity (Wildman–Crippen MR) is 131 cm³/mol. The van der Waals surface area contributed by atoms with Gasteiger partial charge in [-0.2, -0.15) is 0 Å². The molecule has 3 aromatic carbocycles. The van der Waals surface area contributed by atoms with Crippen LogP contribution >= 0.6 is 0 Å². The van der Waals surface area contributed by atoms with Crippen LogP contribution in [0.3, 0.4) is 0 Å². The van der Waals surface area contributed by atoms with Crippen LogP contribution in [0.4, 0.5) is 18.9 Å². The van der Waals surface area contributed by atoms with E-state index in [-0.39, 0.29) is 24.3 Å². The van der Waals surface area contributed by atoms with E-state index in [1.54, 1.807) is 25.1 Å². The van der Waals surface area contributed by atoms with Gasteiger partial charge in [-0.3, -0.25) is 9.59 Å². The molecule has 0 saturated carbocycles. The number of hydrogen-bond acceptors (Lipinski definition) is 2. The van der Waals surface area contributed by atoms with Gasteiger partial charge in [0, 0.05) is 46.1 Å². The Morgan fingerprint density at radius 3 is 2.42 bits per heavy atom. The van der Waals surface area contributed by atoms with Gasteiger partial charge in [-0.15, -0.1) is 0 Å². The number of aromatic nitrogens is 1. The molecule has 1 aromatic heterocycles. The van der Waals surface area contributed by atoms with Gasteiger partial charge in [0.25, 0.3) is 5.91 Å². The van der Waals surface area contributed by atoms with Gasteiger partial charge in [-0.1, -0.05) is 38.1 Å². The summed E-state index contributed by atoms with van der Waals surface area (Å²) in [5.41, 5.74) is 2.90. The number of aromatic amines is 1. The standard InChI is InChI=1S/C28H24F3N3O2/c1-15-16(2)28(36)34(14-22-23(30)11-19(29)12-24(22)31)26-10-18(7-8-21(15)26)27(35)32-13-20-9-17-5-3-4-6-25(17)33-20/h3-12,15-16,33H,13-14H2,1-2H3,(H,32,35). The lowest BCUT2D eigenvalue weighted by molar-refractivity contribution is -0.123. The normalized spacial score (nSPS) is 17.4. The van der Waals surface area contributed by atoms with Gasteiger partial charge >= 0.3 is 0 Å². The van der Waals surface area contributed by atoms with Crippen LogP contribution in [0.15, 0.2) is 60.7 Å². The van der Waals surface area contributed by atoms with Crippen LogP contribution in [-0.4, -0.2) is 16.8 Å². The summed E-state index contributed by atoms with van der Waals surface area (Å²) in [6.45, 7) is 3.50. The Hall–Kier alpha value is -4.07. The van der Waals surface area contributed by atoms with Gasteiger partial charge < -0.3 is 15.2 Å². The summed E-state index contributed by atoms with van der Waals surface area (Å²) >= 11 is 0. The molecule has 0 bridgehead atoms. The number of halogens is 3. The van der Waals surface area contributed by atoms with Crippen molar-refractivity contribution < 1.29 is 22.8 Å². The summed E-state index contributed by atoms with van der Waals surface area (Å²) in [5, 5.41) is 3.90. The van der Waals surface area contributed by atoms with E-state index in [0.29, 0.717) is 23.4 Å². The third-order valence-electron chi connectivity index (χ3n) is 6.93. The van der Waals surface area contributed by atoms with Crippen molar-refractivity contribution in [1.82, 2.24) is 10.3 Å². The molecule has 2 atom stereocenters. The smallest absolute Gasteiger partial charge is 0.251 e. The van der Waals surface area contributed by atoms with Crippen LogP contribution in [0.25, 0.3) is 10.9 Å². The Kier molecular flexibility index (Phi) is 6.04. The highest BCUT2D eigenvalue weighted by atomic mass is 19.1. The average Bonchev–Trinajstić information content (AvgIpc) is 3.28. The number of amides is 2. The number of nitrogens with one attached hydrogen (secondary N) is 2. The molecule has 0 radical (unpaired) electrons. The number of nitrogens with zero attached hydrogens (tertiary/aromatic N) is 1. The van der Waals surface area contributed by atoms with Gasteiger partial charge in [0.1, 0.15) is 17.5 Å². The van der Waals surface area contributed by atoms with E-state index in [1.165, 1.54) is 4.90 Å². The molecule has 2 amide bonds. The number of carbonyl (C=O) groups excluding carboxylic acids is 2. The minimum absolute atomic E-state index is 0.157. The molecule has 1 aliphatic rings. The molecule has 2 N–H and O–H groups in total. The number of para-hydroxylation sites is 1. The van der Waals surface area contributed by atoms with Crippen molar-refractivity contribution in [2.75, 3.05) is 4.90 Å². The maximum absolute atomic E-state index is 14.4. The lowest BCUT2D eigenvalue weighted by Gasteiger charge is -2.37. The van der Waals surface area contributed by atoms with E-state index < -0.39 is 35.5 Å². The summed E-state index contributed by atoms with van der Waals surface area (Å²) in [5.74, 6) is -4.44. The first-order valence-electron chi connectivity index (χ1n) is 11.7. The second-order valence-corrected chi connectivity index (χ2v) is 9.19. The number of H-pyrrole nitrogens is 1. The fourth-order valence-electron chi connectivity index (χ4n) is 4.70. The zero-order chi connectivity index (χ0) is 25.6. The van der Waals surface area contributed by atoms with Crippen LogP contribution in [0.1, 0.15) is 46.9 Å². The van der Waals surface area contributed by atoms with Crippen LogP contribution in [0.2, 0.25) is 0 Å². The van der Waals surface area contributed by atoms with E-state index in [0.717, 1.165) is 22.2 Å². The van der Waals surface area contributed by atoms with Gasteiger partial charge in [-0.25, -0.2) is 13.2 Å². The molecule has 36 heavy (non-hydrogen) atoms.